The zero-order chi connectivity index (χ0) is 17.1. The molecule has 1 amide bonds. The van der Waals surface area contributed by atoms with E-state index in [1.807, 2.05) is 35.8 Å². The van der Waals surface area contributed by atoms with Crippen molar-refractivity contribution in [1.29, 1.82) is 0 Å². The van der Waals surface area contributed by atoms with Crippen molar-refractivity contribution in [3.05, 3.63) is 71.8 Å². The minimum absolute atomic E-state index is 0.181. The molecule has 4 rings (SSSR count). The summed E-state index contributed by atoms with van der Waals surface area (Å²) in [6, 6.07) is 11.2. The Bertz CT molecular complexity index is 957. The van der Waals surface area contributed by atoms with Crippen molar-refractivity contribution in [2.45, 2.75) is 6.54 Å². The number of rotatable bonds is 5. The minimum atomic E-state index is -0.181. The molecule has 0 radical (unpaired) electrons. The maximum Gasteiger partial charge on any atom is 0.257 e. The number of nitrogens with zero attached hydrogens (tertiary/aromatic N) is 4. The Morgan fingerprint density at radius 1 is 1.24 bits per heavy atom. The van der Waals surface area contributed by atoms with Crippen LogP contribution < -0.4 is 5.32 Å². The van der Waals surface area contributed by atoms with E-state index in [-0.39, 0.29) is 5.91 Å². The average Bonchev–Trinajstić information content (AvgIpc) is 3.38. The zero-order valence-electron chi connectivity index (χ0n) is 13.1. The van der Waals surface area contributed by atoms with Crippen LogP contribution >= 0.6 is 11.3 Å². The molecule has 0 unspecified atom stereocenters. The molecule has 7 nitrogen and oxygen atoms in total. The van der Waals surface area contributed by atoms with Crippen molar-refractivity contribution in [1.82, 2.24) is 24.7 Å². The van der Waals surface area contributed by atoms with Gasteiger partial charge in [-0.2, -0.15) is 5.10 Å². The third kappa shape index (κ3) is 3.48. The predicted molar refractivity (Wildman–Crippen MR) is 95.4 cm³/mol. The van der Waals surface area contributed by atoms with Gasteiger partial charge in [0.1, 0.15) is 12.7 Å². The fourth-order valence-corrected chi connectivity index (χ4v) is 3.08. The second-order valence-electron chi connectivity index (χ2n) is 5.37. The lowest BCUT2D eigenvalue weighted by molar-refractivity contribution is 0.102. The molecule has 3 heterocycles. The Kier molecular flexibility index (Phi) is 4.09. The first kappa shape index (κ1) is 15.3. The van der Waals surface area contributed by atoms with Gasteiger partial charge in [-0.05, 0) is 29.8 Å². The number of aromatic amines is 1. The normalized spacial score (nSPS) is 10.7. The van der Waals surface area contributed by atoms with E-state index in [0.29, 0.717) is 17.2 Å². The Balaban J connectivity index is 1.42. The van der Waals surface area contributed by atoms with Crippen molar-refractivity contribution < 1.29 is 4.79 Å². The van der Waals surface area contributed by atoms with Gasteiger partial charge in [0, 0.05) is 17.1 Å². The molecule has 0 atom stereocenters. The van der Waals surface area contributed by atoms with Crippen molar-refractivity contribution >= 4 is 22.4 Å². The van der Waals surface area contributed by atoms with Gasteiger partial charge in [-0.1, -0.05) is 12.1 Å². The van der Waals surface area contributed by atoms with Crippen molar-refractivity contribution in [3.63, 3.8) is 0 Å². The lowest BCUT2D eigenvalue weighted by Gasteiger charge is -2.04. The topological polar surface area (TPSA) is 88.5 Å². The molecule has 0 bridgehead atoms. The molecule has 124 valence electrons. The Hall–Kier alpha value is -3.26. The molecule has 0 aliphatic carbocycles. The monoisotopic (exact) mass is 350 g/mol. The van der Waals surface area contributed by atoms with Crippen molar-refractivity contribution in [3.8, 4) is 11.4 Å². The molecular weight excluding hydrogens is 336 g/mol. The smallest absolute Gasteiger partial charge is 0.257 e. The van der Waals surface area contributed by atoms with Gasteiger partial charge >= 0.3 is 0 Å². The molecular formula is C17H14N6OS. The third-order valence-electron chi connectivity index (χ3n) is 3.63. The van der Waals surface area contributed by atoms with Crippen LogP contribution in [0.4, 0.5) is 5.13 Å². The molecule has 1 aromatic carbocycles. The number of aromatic nitrogens is 5. The SMILES string of the molecule is O=C(Nc1nc(-c2ccc[nH]2)cs1)c1ccc(Cn2cncn2)cc1. The van der Waals surface area contributed by atoms with E-state index in [4.69, 9.17) is 0 Å². The van der Waals surface area contributed by atoms with Crippen LogP contribution in [0.3, 0.4) is 0 Å². The van der Waals surface area contributed by atoms with E-state index in [1.165, 1.54) is 17.7 Å². The fourth-order valence-electron chi connectivity index (χ4n) is 2.38. The summed E-state index contributed by atoms with van der Waals surface area (Å²) in [6.45, 7) is 0.619. The minimum Gasteiger partial charge on any atom is -0.360 e. The lowest BCUT2D eigenvalue weighted by atomic mass is 10.1. The van der Waals surface area contributed by atoms with Crippen LogP contribution in [0.1, 0.15) is 15.9 Å². The third-order valence-corrected chi connectivity index (χ3v) is 4.38. The molecule has 4 aromatic rings. The van der Waals surface area contributed by atoms with E-state index in [1.54, 1.807) is 23.1 Å². The van der Waals surface area contributed by atoms with Crippen molar-refractivity contribution in [2.24, 2.45) is 0 Å². The molecule has 8 heteroatoms. The quantitative estimate of drug-likeness (QED) is 0.579. The summed E-state index contributed by atoms with van der Waals surface area (Å²) < 4.78 is 1.73. The summed E-state index contributed by atoms with van der Waals surface area (Å²) in [5, 5.41) is 9.37. The number of thiazole rings is 1. The maximum atomic E-state index is 12.4. The molecule has 0 fully saturated rings. The summed E-state index contributed by atoms with van der Waals surface area (Å²) in [7, 11) is 0. The van der Waals surface area contributed by atoms with E-state index in [9.17, 15) is 4.79 Å². The molecule has 0 saturated heterocycles. The first-order chi connectivity index (χ1) is 12.3. The fraction of sp³-hybridized carbons (Fsp3) is 0.0588. The van der Waals surface area contributed by atoms with Gasteiger partial charge in [-0.3, -0.25) is 10.1 Å². The van der Waals surface area contributed by atoms with Gasteiger partial charge in [-0.15, -0.1) is 11.3 Å². The number of amides is 1. The highest BCUT2D eigenvalue weighted by molar-refractivity contribution is 7.14. The van der Waals surface area contributed by atoms with E-state index in [2.05, 4.69) is 25.4 Å². The average molecular weight is 350 g/mol. The van der Waals surface area contributed by atoms with Crippen LogP contribution in [0.15, 0.2) is 60.6 Å². The largest absolute Gasteiger partial charge is 0.360 e. The zero-order valence-corrected chi connectivity index (χ0v) is 13.9. The molecule has 0 saturated carbocycles. The highest BCUT2D eigenvalue weighted by atomic mass is 32.1. The van der Waals surface area contributed by atoms with E-state index < -0.39 is 0 Å². The lowest BCUT2D eigenvalue weighted by Crippen LogP contribution is -2.11. The number of benzene rings is 1. The second kappa shape index (κ2) is 6.70. The van der Waals surface area contributed by atoms with Crippen LogP contribution in [0, 0.1) is 0 Å². The van der Waals surface area contributed by atoms with Gasteiger partial charge in [0.05, 0.1) is 17.9 Å². The van der Waals surface area contributed by atoms with Gasteiger partial charge in [0.2, 0.25) is 0 Å². The van der Waals surface area contributed by atoms with Gasteiger partial charge in [-0.25, -0.2) is 14.6 Å². The second-order valence-corrected chi connectivity index (χ2v) is 6.22. The van der Waals surface area contributed by atoms with Gasteiger partial charge in [0.15, 0.2) is 5.13 Å². The van der Waals surface area contributed by atoms with Gasteiger partial charge in [0.25, 0.3) is 5.91 Å². The van der Waals surface area contributed by atoms with Crippen LogP contribution in [0.2, 0.25) is 0 Å². The standard InChI is InChI=1S/C17H14N6OS/c24-16(22-17-21-15(9-25-17)14-2-1-7-19-14)13-5-3-12(4-6-13)8-23-11-18-10-20-23/h1-7,9-11,19H,8H2,(H,21,22,24). The van der Waals surface area contributed by atoms with Gasteiger partial charge < -0.3 is 4.98 Å². The first-order valence-electron chi connectivity index (χ1n) is 7.60. The number of carbonyl (C=O) groups excluding carboxylic acids is 1. The van der Waals surface area contributed by atoms with Crippen molar-refractivity contribution in [2.75, 3.05) is 5.32 Å². The predicted octanol–water partition coefficient (Wildman–Crippen LogP) is 3.03. The summed E-state index contributed by atoms with van der Waals surface area (Å²) in [5.74, 6) is -0.181. The summed E-state index contributed by atoms with van der Waals surface area (Å²) in [4.78, 5) is 23.8. The number of anilines is 1. The molecule has 0 aliphatic heterocycles. The van der Waals surface area contributed by atoms with Crippen LogP contribution in [0.25, 0.3) is 11.4 Å². The molecule has 3 aromatic heterocycles. The number of hydrogen-bond acceptors (Lipinski definition) is 5. The molecule has 0 aliphatic rings. The van der Waals surface area contributed by atoms with Crippen LogP contribution in [0.5, 0.6) is 0 Å². The number of hydrogen-bond donors (Lipinski definition) is 2. The number of H-pyrrole nitrogens is 1. The molecule has 0 spiro atoms. The highest BCUT2D eigenvalue weighted by Gasteiger charge is 2.10. The maximum absolute atomic E-state index is 12.4. The van der Waals surface area contributed by atoms with Crippen LogP contribution in [-0.4, -0.2) is 30.6 Å². The summed E-state index contributed by atoms with van der Waals surface area (Å²) in [6.07, 6.45) is 5.00. The van der Waals surface area contributed by atoms with E-state index in [0.717, 1.165) is 17.0 Å². The summed E-state index contributed by atoms with van der Waals surface area (Å²) >= 11 is 1.40. The summed E-state index contributed by atoms with van der Waals surface area (Å²) in [5.41, 5.74) is 3.37. The Morgan fingerprint density at radius 2 is 2.12 bits per heavy atom. The first-order valence-corrected chi connectivity index (χ1v) is 8.48. The number of carbonyl (C=O) groups is 1. The Morgan fingerprint density at radius 3 is 2.84 bits per heavy atom. The number of nitrogens with one attached hydrogen (secondary N) is 2. The van der Waals surface area contributed by atoms with E-state index >= 15 is 0 Å². The highest BCUT2D eigenvalue weighted by Crippen LogP contribution is 2.23. The Labute approximate surface area is 147 Å². The molecule has 2 N–H and O–H groups in total. The molecule has 25 heavy (non-hydrogen) atoms. The van der Waals surface area contributed by atoms with Crippen LogP contribution in [-0.2, 0) is 6.54 Å².